The van der Waals surface area contributed by atoms with Gasteiger partial charge in [-0.1, -0.05) is 0 Å². The van der Waals surface area contributed by atoms with Gasteiger partial charge in [-0.3, -0.25) is 4.79 Å². The van der Waals surface area contributed by atoms with Gasteiger partial charge in [0.05, 0.1) is 11.5 Å². The summed E-state index contributed by atoms with van der Waals surface area (Å²) in [5.74, 6) is 0.972. The van der Waals surface area contributed by atoms with Crippen molar-refractivity contribution in [2.45, 2.75) is 32.1 Å². The van der Waals surface area contributed by atoms with Crippen molar-refractivity contribution in [3.63, 3.8) is 0 Å². The number of piperidine rings is 1. The zero-order chi connectivity index (χ0) is 14.2. The zero-order valence-corrected chi connectivity index (χ0v) is 12.7. The van der Waals surface area contributed by atoms with Crippen LogP contribution in [0.3, 0.4) is 0 Å². The molecule has 0 aromatic heterocycles. The summed E-state index contributed by atoms with van der Waals surface area (Å²) in [6.07, 6.45) is 5.22. The van der Waals surface area contributed by atoms with Crippen LogP contribution in [0.25, 0.3) is 0 Å². The Hall–Kier alpha value is -0.620. The molecule has 3 rings (SSSR count). The Morgan fingerprint density at radius 3 is 2.60 bits per heavy atom. The van der Waals surface area contributed by atoms with Gasteiger partial charge in [0.1, 0.15) is 0 Å². The van der Waals surface area contributed by atoms with Crippen LogP contribution >= 0.6 is 0 Å². The smallest absolute Gasteiger partial charge is 0.223 e. The lowest BCUT2D eigenvalue weighted by atomic mass is 9.92. The van der Waals surface area contributed by atoms with Crippen LogP contribution in [-0.4, -0.2) is 45.5 Å². The van der Waals surface area contributed by atoms with E-state index in [1.54, 1.807) is 0 Å². The molecule has 0 bridgehead atoms. The molecule has 1 unspecified atom stereocenters. The summed E-state index contributed by atoms with van der Waals surface area (Å²) in [6.45, 7) is 2.28. The molecule has 3 aliphatic rings. The third kappa shape index (κ3) is 3.34. The molecule has 1 heterocycles. The van der Waals surface area contributed by atoms with Gasteiger partial charge in [-0.2, -0.15) is 0 Å². The van der Waals surface area contributed by atoms with Crippen molar-refractivity contribution in [2.24, 2.45) is 17.3 Å². The number of hydrogen-bond donors (Lipinski definition) is 2. The van der Waals surface area contributed by atoms with Crippen LogP contribution in [0, 0.1) is 17.3 Å². The van der Waals surface area contributed by atoms with Crippen molar-refractivity contribution in [1.29, 1.82) is 0 Å². The molecule has 2 N–H and O–H groups in total. The summed E-state index contributed by atoms with van der Waals surface area (Å²) in [7, 11) is -2.98. The molecule has 0 radical (unpaired) electrons. The van der Waals surface area contributed by atoms with Crippen LogP contribution in [-0.2, 0) is 14.6 Å². The Bertz CT molecular complexity index is 479. The van der Waals surface area contributed by atoms with Gasteiger partial charge >= 0.3 is 0 Å². The summed E-state index contributed by atoms with van der Waals surface area (Å²) < 4.78 is 23.6. The lowest BCUT2D eigenvalue weighted by Gasteiger charge is -2.23. The Kier molecular flexibility index (Phi) is 3.79. The van der Waals surface area contributed by atoms with Crippen LogP contribution in [0.4, 0.5) is 0 Å². The lowest BCUT2D eigenvalue weighted by Crippen LogP contribution is -2.35. The molecule has 1 atom stereocenters. The molecule has 1 amide bonds. The highest BCUT2D eigenvalue weighted by molar-refractivity contribution is 7.91. The first-order chi connectivity index (χ1) is 9.51. The summed E-state index contributed by atoms with van der Waals surface area (Å²) in [5, 5.41) is 6.14. The van der Waals surface area contributed by atoms with Crippen LogP contribution < -0.4 is 10.6 Å². The largest absolute Gasteiger partial charge is 0.355 e. The molecule has 3 fully saturated rings. The number of sulfone groups is 1. The number of carbonyl (C=O) groups excluding carboxylic acids is 1. The standard InChI is InChI=1S/C14H24N2O3S/c17-13(12-9-14(12)3-5-15-6-4-14)16-7-8-20(18,19)10-11-1-2-11/h11-12,15H,1-10H2,(H,16,17). The number of hydrogen-bond acceptors (Lipinski definition) is 4. The van der Waals surface area contributed by atoms with E-state index in [1.165, 1.54) is 0 Å². The van der Waals surface area contributed by atoms with Crippen LogP contribution in [0.1, 0.15) is 32.1 Å². The first-order valence-corrected chi connectivity index (χ1v) is 9.52. The van der Waals surface area contributed by atoms with Gasteiger partial charge in [-0.05, 0) is 56.5 Å². The van der Waals surface area contributed by atoms with Crippen molar-refractivity contribution in [3.05, 3.63) is 0 Å². The fourth-order valence-electron chi connectivity index (χ4n) is 3.38. The monoisotopic (exact) mass is 300 g/mol. The Balaban J connectivity index is 1.39. The Morgan fingerprint density at radius 2 is 1.95 bits per heavy atom. The summed E-state index contributed by atoms with van der Waals surface area (Å²) in [6, 6.07) is 0. The van der Waals surface area contributed by atoms with E-state index in [-0.39, 0.29) is 29.5 Å². The van der Waals surface area contributed by atoms with Gasteiger partial charge in [-0.25, -0.2) is 8.42 Å². The van der Waals surface area contributed by atoms with Crippen molar-refractivity contribution < 1.29 is 13.2 Å². The molecule has 114 valence electrons. The minimum absolute atomic E-state index is 0.0634. The minimum atomic E-state index is -2.98. The SMILES string of the molecule is O=C(NCCS(=O)(=O)CC1CC1)C1CC12CCNCC2. The van der Waals surface area contributed by atoms with E-state index in [1.807, 2.05) is 0 Å². The normalized spacial score (nSPS) is 28.3. The van der Waals surface area contributed by atoms with Crippen LogP contribution in [0.5, 0.6) is 0 Å². The summed E-state index contributed by atoms with van der Waals surface area (Å²) >= 11 is 0. The Labute approximate surface area is 120 Å². The number of rotatable bonds is 6. The summed E-state index contributed by atoms with van der Waals surface area (Å²) in [5.41, 5.74) is 0.224. The van der Waals surface area contributed by atoms with Gasteiger partial charge in [0, 0.05) is 12.5 Å². The average Bonchev–Trinajstić information content (AvgIpc) is 3.29. The molecule has 0 aromatic carbocycles. The fourth-order valence-corrected chi connectivity index (χ4v) is 5.01. The van der Waals surface area contributed by atoms with Gasteiger partial charge in [-0.15, -0.1) is 0 Å². The van der Waals surface area contributed by atoms with E-state index in [0.29, 0.717) is 11.7 Å². The zero-order valence-electron chi connectivity index (χ0n) is 11.9. The molecule has 1 spiro atoms. The predicted molar refractivity (Wildman–Crippen MR) is 77.0 cm³/mol. The lowest BCUT2D eigenvalue weighted by molar-refractivity contribution is -0.123. The van der Waals surface area contributed by atoms with Crippen molar-refractivity contribution in [1.82, 2.24) is 10.6 Å². The highest BCUT2D eigenvalue weighted by Crippen LogP contribution is 2.58. The number of carbonyl (C=O) groups is 1. The third-order valence-corrected chi connectivity index (χ3v) is 6.81. The molecular formula is C14H24N2O3S. The molecule has 2 saturated carbocycles. The number of amides is 1. The van der Waals surface area contributed by atoms with Gasteiger partial charge in [0.2, 0.25) is 5.91 Å². The van der Waals surface area contributed by atoms with Crippen LogP contribution in [0.2, 0.25) is 0 Å². The maximum absolute atomic E-state index is 12.1. The molecule has 6 heteroatoms. The first kappa shape index (κ1) is 14.3. The van der Waals surface area contributed by atoms with E-state index in [4.69, 9.17) is 0 Å². The van der Waals surface area contributed by atoms with E-state index in [2.05, 4.69) is 10.6 Å². The van der Waals surface area contributed by atoms with Crippen LogP contribution in [0.15, 0.2) is 0 Å². The van der Waals surface area contributed by atoms with E-state index >= 15 is 0 Å². The molecule has 5 nitrogen and oxygen atoms in total. The minimum Gasteiger partial charge on any atom is -0.355 e. The molecule has 1 aliphatic heterocycles. The van der Waals surface area contributed by atoms with Crippen molar-refractivity contribution in [2.75, 3.05) is 31.1 Å². The van der Waals surface area contributed by atoms with E-state index in [0.717, 1.165) is 45.2 Å². The topological polar surface area (TPSA) is 75.3 Å². The second kappa shape index (κ2) is 5.30. The number of nitrogens with one attached hydrogen (secondary N) is 2. The fraction of sp³-hybridized carbons (Fsp3) is 0.929. The van der Waals surface area contributed by atoms with Crippen molar-refractivity contribution in [3.8, 4) is 0 Å². The average molecular weight is 300 g/mol. The van der Waals surface area contributed by atoms with E-state index < -0.39 is 9.84 Å². The Morgan fingerprint density at radius 1 is 1.25 bits per heavy atom. The predicted octanol–water partition coefficient (Wildman–Crippen LogP) is 0.317. The molecule has 2 aliphatic carbocycles. The maximum Gasteiger partial charge on any atom is 0.223 e. The van der Waals surface area contributed by atoms with Gasteiger partial charge in [0.15, 0.2) is 9.84 Å². The summed E-state index contributed by atoms with van der Waals surface area (Å²) in [4.78, 5) is 12.1. The van der Waals surface area contributed by atoms with Crippen molar-refractivity contribution >= 4 is 15.7 Å². The third-order valence-electron chi connectivity index (χ3n) is 5.00. The highest BCUT2D eigenvalue weighted by atomic mass is 32.2. The second-order valence-corrected chi connectivity index (χ2v) is 8.95. The second-order valence-electron chi connectivity index (χ2n) is 6.72. The molecular weight excluding hydrogens is 276 g/mol. The molecule has 0 aromatic rings. The highest BCUT2D eigenvalue weighted by Gasteiger charge is 2.57. The molecule has 1 saturated heterocycles. The van der Waals surface area contributed by atoms with Gasteiger partial charge in [0.25, 0.3) is 0 Å². The first-order valence-electron chi connectivity index (χ1n) is 7.70. The maximum atomic E-state index is 12.1. The molecule has 20 heavy (non-hydrogen) atoms. The van der Waals surface area contributed by atoms with Gasteiger partial charge < -0.3 is 10.6 Å². The van der Waals surface area contributed by atoms with E-state index in [9.17, 15) is 13.2 Å². The quantitative estimate of drug-likeness (QED) is 0.741.